The lowest BCUT2D eigenvalue weighted by Crippen LogP contribution is -2.41. The summed E-state index contributed by atoms with van der Waals surface area (Å²) in [5.41, 5.74) is 1.36. The quantitative estimate of drug-likeness (QED) is 0.619. The summed E-state index contributed by atoms with van der Waals surface area (Å²) in [7, 11) is 1.84. The van der Waals surface area contributed by atoms with Gasteiger partial charge in [-0.15, -0.1) is 0 Å². The molecule has 0 spiro atoms. The molecule has 0 radical (unpaired) electrons. The van der Waals surface area contributed by atoms with Gasteiger partial charge in [-0.2, -0.15) is 0 Å². The van der Waals surface area contributed by atoms with Crippen molar-refractivity contribution in [3.8, 4) is 0 Å². The van der Waals surface area contributed by atoms with Gasteiger partial charge in [0.25, 0.3) is 0 Å². The zero-order valence-corrected chi connectivity index (χ0v) is 13.3. The highest BCUT2D eigenvalue weighted by Gasteiger charge is 2.20. The molecule has 4 nitrogen and oxygen atoms in total. The number of rotatable bonds is 6. The summed E-state index contributed by atoms with van der Waals surface area (Å²) in [6, 6.07) is 10.5. The molecule has 1 aliphatic heterocycles. The van der Waals surface area contributed by atoms with Crippen LogP contribution >= 0.6 is 0 Å². The van der Waals surface area contributed by atoms with Gasteiger partial charge in [0.1, 0.15) is 0 Å². The van der Waals surface area contributed by atoms with Crippen molar-refractivity contribution in [2.75, 3.05) is 39.8 Å². The molecule has 0 aliphatic carbocycles. The van der Waals surface area contributed by atoms with Crippen molar-refractivity contribution in [2.45, 2.75) is 19.8 Å². The monoisotopic (exact) mass is 288 g/mol. The molecule has 4 heteroatoms. The van der Waals surface area contributed by atoms with Crippen LogP contribution in [0.1, 0.15) is 18.9 Å². The molecule has 0 bridgehead atoms. The Balaban J connectivity index is 1.64. The van der Waals surface area contributed by atoms with E-state index in [0.29, 0.717) is 0 Å². The van der Waals surface area contributed by atoms with Crippen molar-refractivity contribution < 1.29 is 0 Å². The summed E-state index contributed by atoms with van der Waals surface area (Å²) in [4.78, 5) is 6.81. The molecule has 116 valence electrons. The Kier molecular flexibility index (Phi) is 6.54. The van der Waals surface area contributed by atoms with Gasteiger partial charge in [0, 0.05) is 26.7 Å². The van der Waals surface area contributed by atoms with Crippen LogP contribution in [-0.4, -0.2) is 50.6 Å². The highest BCUT2D eigenvalue weighted by atomic mass is 15.2. The van der Waals surface area contributed by atoms with Gasteiger partial charge >= 0.3 is 0 Å². The highest BCUT2D eigenvalue weighted by molar-refractivity contribution is 5.79. The average molecular weight is 288 g/mol. The van der Waals surface area contributed by atoms with E-state index in [1.165, 1.54) is 31.6 Å². The summed E-state index contributed by atoms with van der Waals surface area (Å²) >= 11 is 0. The fourth-order valence-electron chi connectivity index (χ4n) is 2.80. The number of nitrogens with zero attached hydrogens (tertiary/aromatic N) is 2. The summed E-state index contributed by atoms with van der Waals surface area (Å²) in [5, 5.41) is 6.85. The maximum Gasteiger partial charge on any atom is 0.190 e. The second-order valence-electron chi connectivity index (χ2n) is 5.66. The van der Waals surface area contributed by atoms with Gasteiger partial charge in [-0.1, -0.05) is 37.3 Å². The molecule has 1 atom stereocenters. The van der Waals surface area contributed by atoms with Crippen molar-refractivity contribution in [1.29, 1.82) is 0 Å². The molecule has 0 saturated carbocycles. The molecule has 21 heavy (non-hydrogen) atoms. The minimum atomic E-state index is 0.748. The molecule has 1 saturated heterocycles. The third-order valence-electron chi connectivity index (χ3n) is 4.15. The molecule has 0 aromatic heterocycles. The number of hydrogen-bond acceptors (Lipinski definition) is 2. The Morgan fingerprint density at radius 2 is 2.10 bits per heavy atom. The normalized spacial score (nSPS) is 19.7. The summed E-state index contributed by atoms with van der Waals surface area (Å²) in [6.45, 7) is 7.78. The summed E-state index contributed by atoms with van der Waals surface area (Å²) in [6.07, 6.45) is 2.32. The smallest absolute Gasteiger partial charge is 0.190 e. The first-order chi connectivity index (χ1) is 10.3. The van der Waals surface area contributed by atoms with E-state index < -0.39 is 0 Å². The van der Waals surface area contributed by atoms with Gasteiger partial charge in [0.15, 0.2) is 5.96 Å². The van der Waals surface area contributed by atoms with Crippen LogP contribution in [0.4, 0.5) is 0 Å². The third kappa shape index (κ3) is 5.38. The van der Waals surface area contributed by atoms with Crippen molar-refractivity contribution in [3.05, 3.63) is 35.9 Å². The van der Waals surface area contributed by atoms with Gasteiger partial charge in [-0.05, 0) is 37.4 Å². The lowest BCUT2D eigenvalue weighted by atomic mass is 10.1. The van der Waals surface area contributed by atoms with Crippen LogP contribution in [0.2, 0.25) is 0 Å². The molecule has 0 amide bonds. The molecule has 2 rings (SSSR count). The van der Waals surface area contributed by atoms with Crippen molar-refractivity contribution in [1.82, 2.24) is 15.5 Å². The largest absolute Gasteiger partial charge is 0.356 e. The van der Waals surface area contributed by atoms with Crippen LogP contribution in [0.25, 0.3) is 0 Å². The molecule has 1 aromatic carbocycles. The van der Waals surface area contributed by atoms with Crippen LogP contribution in [0, 0.1) is 5.92 Å². The Hall–Kier alpha value is -1.55. The minimum Gasteiger partial charge on any atom is -0.356 e. The van der Waals surface area contributed by atoms with E-state index in [2.05, 4.69) is 57.8 Å². The predicted octanol–water partition coefficient (Wildman–Crippen LogP) is 1.74. The highest BCUT2D eigenvalue weighted by Crippen LogP contribution is 2.14. The van der Waals surface area contributed by atoms with E-state index in [4.69, 9.17) is 0 Å². The Morgan fingerprint density at radius 1 is 1.29 bits per heavy atom. The average Bonchev–Trinajstić information content (AvgIpc) is 3.00. The Labute approximate surface area is 128 Å². The molecule has 1 aromatic rings. The number of guanidine groups is 1. The molecule has 1 heterocycles. The number of likely N-dealkylation sites (tertiary alicyclic amines) is 1. The first-order valence-electron chi connectivity index (χ1n) is 8.02. The molecule has 1 aliphatic rings. The SMILES string of the molecule is CCN1CCC(CNC(=NC)NCCc2ccccc2)C1. The van der Waals surface area contributed by atoms with Gasteiger partial charge in [0.2, 0.25) is 0 Å². The van der Waals surface area contributed by atoms with Crippen molar-refractivity contribution in [3.63, 3.8) is 0 Å². The number of aliphatic imine (C=N–C) groups is 1. The van der Waals surface area contributed by atoms with E-state index in [9.17, 15) is 0 Å². The second-order valence-corrected chi connectivity index (χ2v) is 5.66. The van der Waals surface area contributed by atoms with Gasteiger partial charge < -0.3 is 15.5 Å². The Bertz CT molecular complexity index is 430. The number of nitrogens with one attached hydrogen (secondary N) is 2. The third-order valence-corrected chi connectivity index (χ3v) is 4.15. The zero-order chi connectivity index (χ0) is 14.9. The van der Waals surface area contributed by atoms with Crippen molar-refractivity contribution >= 4 is 5.96 Å². The summed E-state index contributed by atoms with van der Waals surface area (Å²) in [5.74, 6) is 1.67. The topological polar surface area (TPSA) is 39.7 Å². The summed E-state index contributed by atoms with van der Waals surface area (Å²) < 4.78 is 0. The zero-order valence-electron chi connectivity index (χ0n) is 13.3. The van der Waals surface area contributed by atoms with Gasteiger partial charge in [0.05, 0.1) is 0 Å². The molecule has 2 N–H and O–H groups in total. The maximum atomic E-state index is 4.30. The Morgan fingerprint density at radius 3 is 2.76 bits per heavy atom. The van der Waals surface area contributed by atoms with Crippen LogP contribution in [0.15, 0.2) is 35.3 Å². The molecule has 1 unspecified atom stereocenters. The molecular weight excluding hydrogens is 260 g/mol. The van der Waals surface area contributed by atoms with Gasteiger partial charge in [-0.3, -0.25) is 4.99 Å². The fraction of sp³-hybridized carbons (Fsp3) is 0.588. The van der Waals surface area contributed by atoms with E-state index in [-0.39, 0.29) is 0 Å². The van der Waals surface area contributed by atoms with Crippen LogP contribution in [0.5, 0.6) is 0 Å². The second kappa shape index (κ2) is 8.67. The fourth-order valence-corrected chi connectivity index (χ4v) is 2.80. The van der Waals surface area contributed by atoms with Crippen LogP contribution in [-0.2, 0) is 6.42 Å². The first kappa shape index (κ1) is 15.8. The lowest BCUT2D eigenvalue weighted by molar-refractivity contribution is 0.342. The van der Waals surface area contributed by atoms with Gasteiger partial charge in [-0.25, -0.2) is 0 Å². The predicted molar refractivity (Wildman–Crippen MR) is 89.7 cm³/mol. The number of hydrogen-bond donors (Lipinski definition) is 2. The van der Waals surface area contributed by atoms with Crippen LogP contribution < -0.4 is 10.6 Å². The molecular formula is C17H28N4. The van der Waals surface area contributed by atoms with E-state index in [1.54, 1.807) is 0 Å². The first-order valence-corrected chi connectivity index (χ1v) is 8.02. The van der Waals surface area contributed by atoms with Crippen LogP contribution in [0.3, 0.4) is 0 Å². The molecule has 1 fully saturated rings. The van der Waals surface area contributed by atoms with Crippen molar-refractivity contribution in [2.24, 2.45) is 10.9 Å². The standard InChI is InChI=1S/C17H28N4/c1-3-21-12-10-16(14-21)13-20-17(18-2)19-11-9-15-7-5-4-6-8-15/h4-8,16H,3,9-14H2,1-2H3,(H2,18,19,20). The van der Waals surface area contributed by atoms with E-state index in [1.807, 2.05) is 7.05 Å². The maximum absolute atomic E-state index is 4.30. The lowest BCUT2D eigenvalue weighted by Gasteiger charge is -2.16. The van der Waals surface area contributed by atoms with E-state index >= 15 is 0 Å². The van der Waals surface area contributed by atoms with E-state index in [0.717, 1.165) is 31.4 Å². The minimum absolute atomic E-state index is 0.748. The number of benzene rings is 1.